The van der Waals surface area contributed by atoms with Crippen molar-refractivity contribution in [2.45, 2.75) is 40.2 Å². The van der Waals surface area contributed by atoms with Gasteiger partial charge in [-0.05, 0) is 36.1 Å². The van der Waals surface area contributed by atoms with Gasteiger partial charge in [0.1, 0.15) is 5.75 Å². The SMILES string of the molecule is Cc1cc(NC(=O)CC(N)C(C)(C)C)ccc1O. The quantitative estimate of drug-likeness (QED) is 0.721. The van der Waals surface area contributed by atoms with E-state index in [-0.39, 0.29) is 29.5 Å². The second kappa shape index (κ2) is 5.40. The van der Waals surface area contributed by atoms with Crippen LogP contribution in [0.25, 0.3) is 0 Å². The van der Waals surface area contributed by atoms with Gasteiger partial charge in [0.05, 0.1) is 0 Å². The van der Waals surface area contributed by atoms with Crippen LogP contribution in [0.4, 0.5) is 5.69 Å². The molecule has 0 aliphatic rings. The van der Waals surface area contributed by atoms with Gasteiger partial charge in [-0.3, -0.25) is 4.79 Å². The molecule has 1 amide bonds. The van der Waals surface area contributed by atoms with Gasteiger partial charge in [-0.1, -0.05) is 20.8 Å². The Kier molecular flexibility index (Phi) is 4.35. The minimum atomic E-state index is -0.185. The number of rotatable bonds is 3. The maximum atomic E-state index is 11.8. The molecule has 1 aromatic carbocycles. The molecule has 4 nitrogen and oxygen atoms in total. The van der Waals surface area contributed by atoms with E-state index in [1.807, 2.05) is 20.8 Å². The van der Waals surface area contributed by atoms with Crippen molar-refractivity contribution in [1.82, 2.24) is 0 Å². The Labute approximate surface area is 108 Å². The van der Waals surface area contributed by atoms with Crippen molar-refractivity contribution in [3.8, 4) is 5.75 Å². The number of carbonyl (C=O) groups excluding carboxylic acids is 1. The smallest absolute Gasteiger partial charge is 0.225 e. The second-order valence-corrected chi connectivity index (χ2v) is 5.73. The molecule has 0 aliphatic carbocycles. The Morgan fingerprint density at radius 3 is 2.56 bits per heavy atom. The second-order valence-electron chi connectivity index (χ2n) is 5.73. The summed E-state index contributed by atoms with van der Waals surface area (Å²) in [5, 5.41) is 12.2. The number of aryl methyl sites for hydroxylation is 1. The number of aromatic hydroxyl groups is 1. The summed E-state index contributed by atoms with van der Waals surface area (Å²) < 4.78 is 0. The first kappa shape index (κ1) is 14.5. The predicted octanol–water partition coefficient (Wildman–Crippen LogP) is 2.40. The molecule has 0 spiro atoms. The zero-order chi connectivity index (χ0) is 13.9. The average molecular weight is 250 g/mol. The van der Waals surface area contributed by atoms with Crippen LogP contribution in [0.2, 0.25) is 0 Å². The van der Waals surface area contributed by atoms with Crippen LogP contribution in [0, 0.1) is 12.3 Å². The van der Waals surface area contributed by atoms with E-state index in [4.69, 9.17) is 5.73 Å². The van der Waals surface area contributed by atoms with Crippen molar-refractivity contribution >= 4 is 11.6 Å². The molecule has 1 rings (SSSR count). The first-order chi connectivity index (χ1) is 8.20. The van der Waals surface area contributed by atoms with Gasteiger partial charge in [0, 0.05) is 18.2 Å². The van der Waals surface area contributed by atoms with Crippen LogP contribution in [-0.2, 0) is 4.79 Å². The Bertz CT molecular complexity index is 436. The van der Waals surface area contributed by atoms with Gasteiger partial charge in [0.15, 0.2) is 0 Å². The van der Waals surface area contributed by atoms with E-state index in [0.29, 0.717) is 5.69 Å². The zero-order valence-electron chi connectivity index (χ0n) is 11.4. The first-order valence-corrected chi connectivity index (χ1v) is 6.05. The molecule has 18 heavy (non-hydrogen) atoms. The fourth-order valence-corrected chi connectivity index (χ4v) is 1.45. The Morgan fingerprint density at radius 2 is 2.06 bits per heavy atom. The van der Waals surface area contributed by atoms with E-state index in [1.54, 1.807) is 25.1 Å². The fraction of sp³-hybridized carbons (Fsp3) is 0.500. The average Bonchev–Trinajstić information content (AvgIpc) is 2.22. The summed E-state index contributed by atoms with van der Waals surface area (Å²) in [6.07, 6.45) is 0.281. The van der Waals surface area contributed by atoms with Gasteiger partial charge in [0.2, 0.25) is 5.91 Å². The minimum Gasteiger partial charge on any atom is -0.508 e. The van der Waals surface area contributed by atoms with Crippen molar-refractivity contribution < 1.29 is 9.90 Å². The molecule has 0 saturated carbocycles. The topological polar surface area (TPSA) is 75.4 Å². The summed E-state index contributed by atoms with van der Waals surface area (Å²) in [5.74, 6) is 0.113. The number of phenolic OH excluding ortho intramolecular Hbond substituents is 1. The maximum absolute atomic E-state index is 11.8. The minimum absolute atomic E-state index is 0.0950. The van der Waals surface area contributed by atoms with Gasteiger partial charge in [-0.2, -0.15) is 0 Å². The Morgan fingerprint density at radius 1 is 1.44 bits per heavy atom. The number of benzene rings is 1. The van der Waals surface area contributed by atoms with Crippen LogP contribution < -0.4 is 11.1 Å². The number of phenols is 1. The summed E-state index contributed by atoms with van der Waals surface area (Å²) in [6.45, 7) is 7.81. The first-order valence-electron chi connectivity index (χ1n) is 6.05. The van der Waals surface area contributed by atoms with E-state index in [9.17, 15) is 9.90 Å². The number of anilines is 1. The predicted molar refractivity (Wildman–Crippen MR) is 73.5 cm³/mol. The highest BCUT2D eigenvalue weighted by Gasteiger charge is 2.23. The third-order valence-electron chi connectivity index (χ3n) is 3.00. The summed E-state index contributed by atoms with van der Waals surface area (Å²) in [5.41, 5.74) is 7.27. The van der Waals surface area contributed by atoms with E-state index in [1.165, 1.54) is 0 Å². The molecule has 4 heteroatoms. The van der Waals surface area contributed by atoms with Gasteiger partial charge >= 0.3 is 0 Å². The number of carbonyl (C=O) groups is 1. The molecule has 100 valence electrons. The molecule has 1 atom stereocenters. The normalized spacial score (nSPS) is 13.2. The molecule has 4 N–H and O–H groups in total. The molecule has 0 aliphatic heterocycles. The van der Waals surface area contributed by atoms with Crippen LogP contribution in [0.3, 0.4) is 0 Å². The van der Waals surface area contributed by atoms with Gasteiger partial charge < -0.3 is 16.2 Å². The summed E-state index contributed by atoms with van der Waals surface area (Å²) >= 11 is 0. The molecule has 0 fully saturated rings. The molecule has 0 bridgehead atoms. The third kappa shape index (κ3) is 4.04. The molecule has 0 heterocycles. The van der Waals surface area contributed by atoms with E-state index < -0.39 is 0 Å². The number of amides is 1. The fourth-order valence-electron chi connectivity index (χ4n) is 1.45. The molecule has 0 radical (unpaired) electrons. The summed E-state index contributed by atoms with van der Waals surface area (Å²) in [4.78, 5) is 11.8. The largest absolute Gasteiger partial charge is 0.508 e. The molecular weight excluding hydrogens is 228 g/mol. The van der Waals surface area contributed by atoms with Crippen LogP contribution >= 0.6 is 0 Å². The highest BCUT2D eigenvalue weighted by molar-refractivity contribution is 5.91. The Hall–Kier alpha value is -1.55. The molecule has 1 aromatic rings. The summed E-state index contributed by atoms with van der Waals surface area (Å²) in [6, 6.07) is 4.78. The third-order valence-corrected chi connectivity index (χ3v) is 3.00. The van der Waals surface area contributed by atoms with Crippen LogP contribution in [0.15, 0.2) is 18.2 Å². The van der Waals surface area contributed by atoms with Crippen molar-refractivity contribution in [1.29, 1.82) is 0 Å². The van der Waals surface area contributed by atoms with Crippen molar-refractivity contribution in [2.24, 2.45) is 11.1 Å². The lowest BCUT2D eigenvalue weighted by Crippen LogP contribution is -2.38. The zero-order valence-corrected chi connectivity index (χ0v) is 11.4. The van der Waals surface area contributed by atoms with E-state index in [0.717, 1.165) is 5.56 Å². The number of nitrogens with one attached hydrogen (secondary N) is 1. The highest BCUT2D eigenvalue weighted by Crippen LogP contribution is 2.22. The number of hydrogen-bond acceptors (Lipinski definition) is 3. The van der Waals surface area contributed by atoms with Gasteiger partial charge in [-0.25, -0.2) is 0 Å². The number of nitrogens with two attached hydrogens (primary N) is 1. The lowest BCUT2D eigenvalue weighted by atomic mass is 9.85. The summed E-state index contributed by atoms with van der Waals surface area (Å²) in [7, 11) is 0. The van der Waals surface area contributed by atoms with Crippen LogP contribution in [0.1, 0.15) is 32.8 Å². The van der Waals surface area contributed by atoms with Crippen molar-refractivity contribution in [2.75, 3.05) is 5.32 Å². The highest BCUT2D eigenvalue weighted by atomic mass is 16.3. The van der Waals surface area contributed by atoms with Crippen molar-refractivity contribution in [3.63, 3.8) is 0 Å². The molecule has 0 aromatic heterocycles. The van der Waals surface area contributed by atoms with E-state index in [2.05, 4.69) is 5.32 Å². The van der Waals surface area contributed by atoms with Crippen LogP contribution in [-0.4, -0.2) is 17.1 Å². The number of hydrogen-bond donors (Lipinski definition) is 3. The van der Waals surface area contributed by atoms with Gasteiger partial charge in [-0.15, -0.1) is 0 Å². The lowest BCUT2D eigenvalue weighted by Gasteiger charge is -2.26. The monoisotopic (exact) mass is 250 g/mol. The Balaban J connectivity index is 2.62. The lowest BCUT2D eigenvalue weighted by molar-refractivity contribution is -0.117. The molecule has 1 unspecified atom stereocenters. The molecular formula is C14H22N2O2. The van der Waals surface area contributed by atoms with E-state index >= 15 is 0 Å². The maximum Gasteiger partial charge on any atom is 0.225 e. The van der Waals surface area contributed by atoms with Crippen LogP contribution in [0.5, 0.6) is 5.75 Å². The van der Waals surface area contributed by atoms with Gasteiger partial charge in [0.25, 0.3) is 0 Å². The standard InChI is InChI=1S/C14H22N2O2/c1-9-7-10(5-6-11(9)17)16-13(18)8-12(15)14(2,3)4/h5-7,12,17H,8,15H2,1-4H3,(H,16,18). The van der Waals surface area contributed by atoms with Crippen molar-refractivity contribution in [3.05, 3.63) is 23.8 Å². The molecule has 0 saturated heterocycles.